The zero-order chi connectivity index (χ0) is 14.0. The summed E-state index contributed by atoms with van der Waals surface area (Å²) in [6.45, 7) is 9.43. The molecule has 0 spiro atoms. The van der Waals surface area contributed by atoms with Crippen molar-refractivity contribution in [3.63, 3.8) is 0 Å². The van der Waals surface area contributed by atoms with Crippen LogP contribution in [-0.4, -0.2) is 18.8 Å². The largest absolute Gasteiger partial charge is 0.382 e. The number of anilines is 1. The average Bonchev–Trinajstić information content (AvgIpc) is 2.40. The minimum absolute atomic E-state index is 0.216. The third kappa shape index (κ3) is 2.75. The van der Waals surface area contributed by atoms with Gasteiger partial charge in [-0.05, 0) is 44.4 Å². The summed E-state index contributed by atoms with van der Waals surface area (Å²) in [6.07, 6.45) is 2.57. The van der Waals surface area contributed by atoms with Crippen LogP contribution in [0.3, 0.4) is 0 Å². The van der Waals surface area contributed by atoms with Crippen molar-refractivity contribution in [2.24, 2.45) is 5.41 Å². The van der Waals surface area contributed by atoms with E-state index in [1.807, 2.05) is 13.0 Å². The first-order valence-electron chi connectivity index (χ1n) is 7.15. The maximum absolute atomic E-state index is 6.18. The van der Waals surface area contributed by atoms with Crippen LogP contribution in [-0.2, 0) is 4.74 Å². The molecular formula is C16H24ClNO. The van der Waals surface area contributed by atoms with E-state index in [0.717, 1.165) is 35.7 Å². The number of nitrogens with one attached hydrogen (secondary N) is 1. The summed E-state index contributed by atoms with van der Waals surface area (Å²) >= 11 is 6.18. The third-order valence-electron chi connectivity index (χ3n) is 4.62. The Labute approximate surface area is 121 Å². The van der Waals surface area contributed by atoms with Gasteiger partial charge in [0.2, 0.25) is 0 Å². The fraction of sp³-hybridized carbons (Fsp3) is 0.625. The van der Waals surface area contributed by atoms with Crippen molar-refractivity contribution in [3.05, 3.63) is 28.8 Å². The molecule has 1 aromatic carbocycles. The molecule has 1 saturated carbocycles. The number of rotatable bonds is 5. The van der Waals surface area contributed by atoms with E-state index in [4.69, 9.17) is 16.3 Å². The third-order valence-corrected chi connectivity index (χ3v) is 5.03. The lowest BCUT2D eigenvalue weighted by Gasteiger charge is -2.54. The Hall–Kier alpha value is -0.730. The lowest BCUT2D eigenvalue weighted by Crippen LogP contribution is -2.59. The Morgan fingerprint density at radius 3 is 2.74 bits per heavy atom. The zero-order valence-corrected chi connectivity index (χ0v) is 13.1. The maximum Gasteiger partial charge on any atom is 0.0667 e. The Morgan fingerprint density at radius 2 is 2.16 bits per heavy atom. The number of ether oxygens (including phenoxy) is 1. The average molecular weight is 282 g/mol. The standard InChI is InChI=1S/C16H24ClNO/c1-5-16(4)14(10-15(16)19-6-2)18-12-8-7-11(3)13(17)9-12/h7-9,14-15,18H,5-6,10H2,1-4H3. The molecule has 2 nitrogen and oxygen atoms in total. The molecule has 0 saturated heterocycles. The second kappa shape index (κ2) is 5.72. The first-order valence-corrected chi connectivity index (χ1v) is 7.53. The summed E-state index contributed by atoms with van der Waals surface area (Å²) in [7, 11) is 0. The highest BCUT2D eigenvalue weighted by Crippen LogP contribution is 2.47. The predicted molar refractivity (Wildman–Crippen MR) is 82.0 cm³/mol. The van der Waals surface area contributed by atoms with Gasteiger partial charge in [0, 0.05) is 28.8 Å². The van der Waals surface area contributed by atoms with E-state index >= 15 is 0 Å². The lowest BCUT2D eigenvalue weighted by atomic mass is 9.61. The van der Waals surface area contributed by atoms with Crippen molar-refractivity contribution in [1.29, 1.82) is 0 Å². The number of hydrogen-bond acceptors (Lipinski definition) is 2. The SMILES string of the molecule is CCOC1CC(Nc2ccc(C)c(Cl)c2)C1(C)CC. The van der Waals surface area contributed by atoms with Crippen LogP contribution in [0.2, 0.25) is 5.02 Å². The van der Waals surface area contributed by atoms with E-state index in [-0.39, 0.29) is 5.41 Å². The highest BCUT2D eigenvalue weighted by Gasteiger charge is 2.51. The molecule has 106 valence electrons. The van der Waals surface area contributed by atoms with Crippen molar-refractivity contribution in [2.45, 2.75) is 52.7 Å². The molecule has 2 rings (SSSR count). The van der Waals surface area contributed by atoms with Gasteiger partial charge < -0.3 is 10.1 Å². The predicted octanol–water partition coefficient (Wildman–Crippen LogP) is 4.65. The van der Waals surface area contributed by atoms with Crippen LogP contribution >= 0.6 is 11.6 Å². The number of halogens is 1. The van der Waals surface area contributed by atoms with Gasteiger partial charge in [0.15, 0.2) is 0 Å². The van der Waals surface area contributed by atoms with E-state index in [9.17, 15) is 0 Å². The molecule has 1 aromatic rings. The van der Waals surface area contributed by atoms with E-state index in [0.29, 0.717) is 12.1 Å². The zero-order valence-electron chi connectivity index (χ0n) is 12.3. The highest BCUT2D eigenvalue weighted by molar-refractivity contribution is 6.31. The molecule has 1 fully saturated rings. The molecule has 0 bridgehead atoms. The van der Waals surface area contributed by atoms with Crippen LogP contribution in [0.4, 0.5) is 5.69 Å². The Balaban J connectivity index is 2.05. The fourth-order valence-electron chi connectivity index (χ4n) is 2.86. The van der Waals surface area contributed by atoms with Crippen LogP contribution < -0.4 is 5.32 Å². The van der Waals surface area contributed by atoms with Crippen molar-refractivity contribution in [1.82, 2.24) is 0 Å². The van der Waals surface area contributed by atoms with Crippen molar-refractivity contribution >= 4 is 17.3 Å². The van der Waals surface area contributed by atoms with Gasteiger partial charge in [-0.25, -0.2) is 0 Å². The van der Waals surface area contributed by atoms with Crippen molar-refractivity contribution in [3.8, 4) is 0 Å². The minimum Gasteiger partial charge on any atom is -0.382 e. The maximum atomic E-state index is 6.18. The summed E-state index contributed by atoms with van der Waals surface area (Å²) in [6, 6.07) is 6.65. The molecule has 3 atom stereocenters. The first-order chi connectivity index (χ1) is 9.01. The molecule has 1 aliphatic rings. The summed E-state index contributed by atoms with van der Waals surface area (Å²) in [5.74, 6) is 0. The van der Waals surface area contributed by atoms with Crippen molar-refractivity contribution < 1.29 is 4.74 Å². The molecule has 1 aliphatic carbocycles. The fourth-order valence-corrected chi connectivity index (χ4v) is 3.04. The minimum atomic E-state index is 0.216. The van der Waals surface area contributed by atoms with Gasteiger partial charge >= 0.3 is 0 Å². The first kappa shape index (κ1) is 14.7. The van der Waals surface area contributed by atoms with E-state index in [1.165, 1.54) is 0 Å². The molecule has 3 heteroatoms. The summed E-state index contributed by atoms with van der Waals surface area (Å²) in [5, 5.41) is 4.43. The van der Waals surface area contributed by atoms with Crippen molar-refractivity contribution in [2.75, 3.05) is 11.9 Å². The molecule has 0 amide bonds. The summed E-state index contributed by atoms with van der Waals surface area (Å²) in [5.41, 5.74) is 2.44. The van der Waals surface area contributed by atoms with Gasteiger partial charge in [-0.2, -0.15) is 0 Å². The monoisotopic (exact) mass is 281 g/mol. The van der Waals surface area contributed by atoms with Gasteiger partial charge in [0.05, 0.1) is 6.10 Å². The normalized spacial score (nSPS) is 29.9. The van der Waals surface area contributed by atoms with Gasteiger partial charge in [-0.15, -0.1) is 0 Å². The van der Waals surface area contributed by atoms with Crippen LogP contribution in [0.1, 0.15) is 39.2 Å². The quantitative estimate of drug-likeness (QED) is 0.848. The summed E-state index contributed by atoms with van der Waals surface area (Å²) in [4.78, 5) is 0. The van der Waals surface area contributed by atoms with Gasteiger partial charge in [0.25, 0.3) is 0 Å². The second-order valence-corrected chi connectivity index (χ2v) is 6.11. The molecule has 3 unspecified atom stereocenters. The lowest BCUT2D eigenvalue weighted by molar-refractivity contribution is -0.109. The topological polar surface area (TPSA) is 21.3 Å². The van der Waals surface area contributed by atoms with Gasteiger partial charge in [0.1, 0.15) is 0 Å². The van der Waals surface area contributed by atoms with Gasteiger partial charge in [-0.3, -0.25) is 0 Å². The van der Waals surface area contributed by atoms with E-state index < -0.39 is 0 Å². The molecular weight excluding hydrogens is 258 g/mol. The highest BCUT2D eigenvalue weighted by atomic mass is 35.5. The number of benzene rings is 1. The van der Waals surface area contributed by atoms with Crippen LogP contribution in [0.5, 0.6) is 0 Å². The molecule has 0 heterocycles. The molecule has 0 radical (unpaired) electrons. The summed E-state index contributed by atoms with van der Waals surface area (Å²) < 4.78 is 5.83. The number of aryl methyl sites for hydroxylation is 1. The number of hydrogen-bond donors (Lipinski definition) is 1. The van der Waals surface area contributed by atoms with Crippen LogP contribution in [0.15, 0.2) is 18.2 Å². The molecule has 0 aliphatic heterocycles. The van der Waals surface area contributed by atoms with Crippen LogP contribution in [0, 0.1) is 12.3 Å². The Bertz CT molecular complexity index is 448. The van der Waals surface area contributed by atoms with Gasteiger partial charge in [-0.1, -0.05) is 31.5 Å². The molecule has 19 heavy (non-hydrogen) atoms. The Morgan fingerprint density at radius 1 is 1.42 bits per heavy atom. The van der Waals surface area contributed by atoms with E-state index in [1.54, 1.807) is 0 Å². The van der Waals surface area contributed by atoms with Crippen LogP contribution in [0.25, 0.3) is 0 Å². The Kier molecular flexibility index (Phi) is 4.42. The second-order valence-electron chi connectivity index (χ2n) is 5.70. The molecule has 1 N–H and O–H groups in total. The molecule has 0 aromatic heterocycles. The smallest absolute Gasteiger partial charge is 0.0667 e. The van der Waals surface area contributed by atoms with E-state index in [2.05, 4.69) is 38.2 Å².